The largest absolute Gasteiger partial charge is 0.375 e. The molecule has 218 valence electrons. The fraction of sp³-hybridized carbons (Fsp3) is 0.971. The van der Waals surface area contributed by atoms with Crippen LogP contribution in [0.1, 0.15) is 131 Å². The van der Waals surface area contributed by atoms with Gasteiger partial charge in [0.15, 0.2) is 0 Å². The normalized spacial score (nSPS) is 38.9. The Kier molecular flexibility index (Phi) is 8.91. The Balaban J connectivity index is 1.06. The lowest BCUT2D eigenvalue weighted by Crippen LogP contribution is -2.47. The van der Waals surface area contributed by atoms with E-state index in [1.807, 2.05) is 0 Å². The summed E-state index contributed by atoms with van der Waals surface area (Å²) in [5, 5.41) is 0. The second-order valence-corrected chi connectivity index (χ2v) is 14.9. The van der Waals surface area contributed by atoms with Crippen molar-refractivity contribution in [1.29, 1.82) is 0 Å². The minimum atomic E-state index is 0.0568. The third-order valence-corrected chi connectivity index (χ3v) is 13.3. The lowest BCUT2D eigenvalue weighted by molar-refractivity contribution is -0.137. The second-order valence-electron chi connectivity index (χ2n) is 14.9. The smallest absolute Gasteiger partial charge is 0.226 e. The standard InChI is InChI=1S/C34H60N2O2/c1-7-33(5,8-2)27-11-15-29(16-12-27)38-30-17-13-28(14-18-30)35-21-24-19-26-23-36(34(6,9-3)10-4)32(37)31(26)20-25(24)22-35/h24-31H,7-23H2,1-6H3. The quantitative estimate of drug-likeness (QED) is 0.307. The molecule has 0 spiro atoms. The van der Waals surface area contributed by atoms with Crippen LogP contribution in [0.25, 0.3) is 0 Å². The predicted molar refractivity (Wildman–Crippen MR) is 157 cm³/mol. The van der Waals surface area contributed by atoms with E-state index in [4.69, 9.17) is 4.74 Å². The lowest BCUT2D eigenvalue weighted by atomic mass is 9.66. The molecule has 2 heterocycles. The molecule has 3 saturated carbocycles. The average molecular weight is 529 g/mol. The SMILES string of the molecule is CCC(C)(CC)C1CCC(OC2CCC(N3CC4CC5CN(C(C)(CC)CC)C(=O)C5CC4C3)CC2)CC1. The van der Waals surface area contributed by atoms with Crippen molar-refractivity contribution in [3.05, 3.63) is 0 Å². The fourth-order valence-corrected chi connectivity index (χ4v) is 9.57. The third-order valence-electron chi connectivity index (χ3n) is 13.3. The van der Waals surface area contributed by atoms with Crippen molar-refractivity contribution in [1.82, 2.24) is 9.80 Å². The van der Waals surface area contributed by atoms with Crippen LogP contribution in [0.3, 0.4) is 0 Å². The Morgan fingerprint density at radius 1 is 0.711 bits per heavy atom. The van der Waals surface area contributed by atoms with Gasteiger partial charge in [0.2, 0.25) is 5.91 Å². The zero-order valence-electron chi connectivity index (χ0n) is 25.9. The molecule has 4 heteroatoms. The van der Waals surface area contributed by atoms with E-state index in [9.17, 15) is 4.79 Å². The monoisotopic (exact) mass is 528 g/mol. The number of carbonyl (C=O) groups excluding carboxylic acids is 1. The molecule has 0 aromatic heterocycles. The topological polar surface area (TPSA) is 32.8 Å². The summed E-state index contributed by atoms with van der Waals surface area (Å²) in [7, 11) is 0. The van der Waals surface area contributed by atoms with Crippen molar-refractivity contribution in [2.75, 3.05) is 19.6 Å². The molecule has 0 aromatic carbocycles. The summed E-state index contributed by atoms with van der Waals surface area (Å²) in [4.78, 5) is 18.6. The Morgan fingerprint density at radius 3 is 1.82 bits per heavy atom. The highest BCUT2D eigenvalue weighted by molar-refractivity contribution is 5.82. The maximum absolute atomic E-state index is 13.5. The summed E-state index contributed by atoms with van der Waals surface area (Å²) in [6.07, 6.45) is 18.7. The van der Waals surface area contributed by atoms with Crippen LogP contribution in [0.5, 0.6) is 0 Å². The Hall–Kier alpha value is -0.610. The number of likely N-dealkylation sites (tertiary alicyclic amines) is 2. The van der Waals surface area contributed by atoms with Gasteiger partial charge < -0.3 is 9.64 Å². The number of ether oxygens (including phenoxy) is 1. The Bertz CT molecular complexity index is 788. The van der Waals surface area contributed by atoms with E-state index in [1.165, 1.54) is 83.7 Å². The molecular formula is C34H60N2O2. The van der Waals surface area contributed by atoms with E-state index in [0.717, 1.165) is 49.6 Å². The first kappa shape index (κ1) is 28.9. The van der Waals surface area contributed by atoms with Crippen molar-refractivity contribution in [2.45, 2.75) is 155 Å². The van der Waals surface area contributed by atoms with Crippen LogP contribution < -0.4 is 0 Å². The number of hydrogen-bond donors (Lipinski definition) is 0. The van der Waals surface area contributed by atoms with Gasteiger partial charge in [0.25, 0.3) is 0 Å². The van der Waals surface area contributed by atoms with Crippen molar-refractivity contribution in [2.24, 2.45) is 35.0 Å². The van der Waals surface area contributed by atoms with Crippen molar-refractivity contribution in [3.63, 3.8) is 0 Å². The molecule has 1 amide bonds. The van der Waals surface area contributed by atoms with Gasteiger partial charge in [-0.2, -0.15) is 0 Å². The highest BCUT2D eigenvalue weighted by atomic mass is 16.5. The molecule has 5 fully saturated rings. The van der Waals surface area contributed by atoms with E-state index in [2.05, 4.69) is 51.3 Å². The predicted octanol–water partition coefficient (Wildman–Crippen LogP) is 7.69. The van der Waals surface area contributed by atoms with Gasteiger partial charge in [-0.15, -0.1) is 0 Å². The molecule has 0 aromatic rings. The molecule has 2 aliphatic heterocycles. The third kappa shape index (κ3) is 5.48. The summed E-state index contributed by atoms with van der Waals surface area (Å²) < 4.78 is 6.72. The first-order valence-electron chi connectivity index (χ1n) is 16.9. The van der Waals surface area contributed by atoms with E-state index >= 15 is 0 Å². The molecule has 5 aliphatic rings. The van der Waals surface area contributed by atoms with Crippen molar-refractivity contribution in [3.8, 4) is 0 Å². The molecule has 4 unspecified atom stereocenters. The van der Waals surface area contributed by atoms with Crippen LogP contribution in [-0.4, -0.2) is 59.1 Å². The Labute approximate surface area is 235 Å². The van der Waals surface area contributed by atoms with Crippen molar-refractivity contribution >= 4 is 5.91 Å². The number of nitrogens with zero attached hydrogens (tertiary/aromatic N) is 2. The van der Waals surface area contributed by atoms with Gasteiger partial charge in [-0.3, -0.25) is 9.69 Å². The van der Waals surface area contributed by atoms with Gasteiger partial charge in [0.05, 0.1) is 12.2 Å². The maximum atomic E-state index is 13.5. The summed E-state index contributed by atoms with van der Waals surface area (Å²) in [6, 6.07) is 0.751. The molecule has 5 rings (SSSR count). The van der Waals surface area contributed by atoms with Crippen molar-refractivity contribution < 1.29 is 9.53 Å². The molecular weight excluding hydrogens is 468 g/mol. The lowest BCUT2D eigenvalue weighted by Gasteiger charge is -2.42. The summed E-state index contributed by atoms with van der Waals surface area (Å²) in [6.45, 7) is 17.7. The van der Waals surface area contributed by atoms with Gasteiger partial charge in [0.1, 0.15) is 0 Å². The zero-order chi connectivity index (χ0) is 27.1. The van der Waals surface area contributed by atoms with Gasteiger partial charge in [0, 0.05) is 37.1 Å². The number of rotatable bonds is 9. The summed E-state index contributed by atoms with van der Waals surface area (Å²) in [5.74, 6) is 3.86. The van der Waals surface area contributed by atoms with E-state index in [0.29, 0.717) is 35.4 Å². The summed E-state index contributed by atoms with van der Waals surface area (Å²) in [5.41, 5.74) is 0.591. The first-order chi connectivity index (χ1) is 18.2. The number of hydrogen-bond acceptors (Lipinski definition) is 3. The highest BCUT2D eigenvalue weighted by Crippen LogP contribution is 2.49. The molecule has 38 heavy (non-hydrogen) atoms. The van der Waals surface area contributed by atoms with Crippen LogP contribution >= 0.6 is 0 Å². The van der Waals surface area contributed by atoms with Crippen LogP contribution in [0.2, 0.25) is 0 Å². The van der Waals surface area contributed by atoms with Crippen LogP contribution in [0.4, 0.5) is 0 Å². The van der Waals surface area contributed by atoms with E-state index in [1.54, 1.807) is 0 Å². The highest BCUT2D eigenvalue weighted by Gasteiger charge is 2.53. The van der Waals surface area contributed by atoms with Crippen LogP contribution in [-0.2, 0) is 9.53 Å². The van der Waals surface area contributed by atoms with Gasteiger partial charge in [-0.25, -0.2) is 0 Å². The number of fused-ring (bicyclic) bond motifs is 2. The van der Waals surface area contributed by atoms with E-state index in [-0.39, 0.29) is 5.54 Å². The molecule has 4 nitrogen and oxygen atoms in total. The Morgan fingerprint density at radius 2 is 1.26 bits per heavy atom. The number of amides is 1. The second kappa shape index (κ2) is 11.7. The van der Waals surface area contributed by atoms with Gasteiger partial charge in [-0.05, 0) is 113 Å². The van der Waals surface area contributed by atoms with Crippen LogP contribution in [0, 0.1) is 35.0 Å². The molecule has 0 N–H and O–H groups in total. The first-order valence-corrected chi connectivity index (χ1v) is 16.9. The maximum Gasteiger partial charge on any atom is 0.226 e. The fourth-order valence-electron chi connectivity index (χ4n) is 9.57. The zero-order valence-corrected chi connectivity index (χ0v) is 25.9. The molecule has 4 atom stereocenters. The molecule has 2 saturated heterocycles. The van der Waals surface area contributed by atoms with Crippen LogP contribution in [0.15, 0.2) is 0 Å². The minimum Gasteiger partial charge on any atom is -0.375 e. The minimum absolute atomic E-state index is 0.0568. The summed E-state index contributed by atoms with van der Waals surface area (Å²) >= 11 is 0. The molecule has 3 aliphatic carbocycles. The molecule has 0 radical (unpaired) electrons. The van der Waals surface area contributed by atoms with Gasteiger partial charge >= 0.3 is 0 Å². The number of carbonyl (C=O) groups is 1. The van der Waals surface area contributed by atoms with Gasteiger partial charge in [-0.1, -0.05) is 47.5 Å². The van der Waals surface area contributed by atoms with E-state index < -0.39 is 0 Å². The average Bonchev–Trinajstić information content (AvgIpc) is 3.52. The molecule has 0 bridgehead atoms.